The van der Waals surface area contributed by atoms with Crippen molar-refractivity contribution in [3.05, 3.63) is 40.9 Å². The zero-order valence-corrected chi connectivity index (χ0v) is 15.3. The zero-order valence-electron chi connectivity index (χ0n) is 14.5. The van der Waals surface area contributed by atoms with Gasteiger partial charge in [-0.25, -0.2) is 4.98 Å². The van der Waals surface area contributed by atoms with Gasteiger partial charge in [-0.2, -0.15) is 0 Å². The fourth-order valence-electron chi connectivity index (χ4n) is 3.81. The SMILES string of the molecule is CCN1C(=O)c2ccccc2N2C(=O)CCC12C(=O)Nc1nc(C)cs1. The number of hydrogen-bond acceptors (Lipinski definition) is 5. The van der Waals surface area contributed by atoms with Crippen molar-refractivity contribution in [1.29, 1.82) is 0 Å². The Morgan fingerprint density at radius 2 is 2.12 bits per heavy atom. The van der Waals surface area contributed by atoms with Crippen LogP contribution in [0.3, 0.4) is 0 Å². The van der Waals surface area contributed by atoms with Crippen LogP contribution >= 0.6 is 11.3 Å². The topological polar surface area (TPSA) is 82.6 Å². The molecule has 0 spiro atoms. The van der Waals surface area contributed by atoms with E-state index in [2.05, 4.69) is 10.3 Å². The highest BCUT2D eigenvalue weighted by atomic mass is 32.1. The lowest BCUT2D eigenvalue weighted by Crippen LogP contribution is -2.69. The Morgan fingerprint density at radius 1 is 1.35 bits per heavy atom. The lowest BCUT2D eigenvalue weighted by molar-refractivity contribution is -0.128. The van der Waals surface area contributed by atoms with E-state index in [1.807, 2.05) is 19.2 Å². The molecule has 1 atom stereocenters. The highest BCUT2D eigenvalue weighted by Gasteiger charge is 2.60. The summed E-state index contributed by atoms with van der Waals surface area (Å²) >= 11 is 1.32. The van der Waals surface area contributed by atoms with Crippen molar-refractivity contribution in [2.24, 2.45) is 0 Å². The van der Waals surface area contributed by atoms with Gasteiger partial charge in [-0.1, -0.05) is 12.1 Å². The van der Waals surface area contributed by atoms with Crippen molar-refractivity contribution in [1.82, 2.24) is 9.88 Å². The summed E-state index contributed by atoms with van der Waals surface area (Å²) in [5.41, 5.74) is 0.393. The molecule has 1 aromatic heterocycles. The van der Waals surface area contributed by atoms with Gasteiger partial charge in [0.05, 0.1) is 16.9 Å². The van der Waals surface area contributed by atoms with E-state index >= 15 is 0 Å². The van der Waals surface area contributed by atoms with Crippen LogP contribution in [0.15, 0.2) is 29.6 Å². The first-order valence-corrected chi connectivity index (χ1v) is 9.34. The van der Waals surface area contributed by atoms with Gasteiger partial charge < -0.3 is 4.90 Å². The summed E-state index contributed by atoms with van der Waals surface area (Å²) < 4.78 is 0. The minimum atomic E-state index is -1.35. The van der Waals surface area contributed by atoms with Crippen molar-refractivity contribution in [3.63, 3.8) is 0 Å². The average Bonchev–Trinajstić information content (AvgIpc) is 3.19. The predicted molar refractivity (Wildman–Crippen MR) is 98.1 cm³/mol. The summed E-state index contributed by atoms with van der Waals surface area (Å²) in [4.78, 5) is 46.3. The highest BCUT2D eigenvalue weighted by molar-refractivity contribution is 7.13. The number of anilines is 2. The Hall–Kier alpha value is -2.74. The molecule has 2 aromatic rings. The zero-order chi connectivity index (χ0) is 18.5. The highest BCUT2D eigenvalue weighted by Crippen LogP contribution is 2.44. The van der Waals surface area contributed by atoms with Crippen LogP contribution in [-0.4, -0.2) is 39.8 Å². The second-order valence-corrected chi connectivity index (χ2v) is 7.22. The number of hydrogen-bond donors (Lipinski definition) is 1. The third-order valence-electron chi connectivity index (χ3n) is 4.89. The second kappa shape index (κ2) is 5.91. The van der Waals surface area contributed by atoms with Gasteiger partial charge in [0.1, 0.15) is 0 Å². The molecule has 0 aliphatic carbocycles. The van der Waals surface area contributed by atoms with E-state index in [4.69, 9.17) is 0 Å². The van der Waals surface area contributed by atoms with Gasteiger partial charge in [-0.05, 0) is 26.0 Å². The smallest absolute Gasteiger partial charge is 0.273 e. The first-order chi connectivity index (χ1) is 12.5. The molecule has 1 unspecified atom stereocenters. The molecular formula is C18H18N4O3S. The molecule has 134 valence electrons. The Labute approximate surface area is 154 Å². The number of nitrogens with zero attached hydrogens (tertiary/aromatic N) is 3. The molecule has 0 saturated carbocycles. The van der Waals surface area contributed by atoms with E-state index in [1.54, 1.807) is 24.3 Å². The molecule has 7 nitrogen and oxygen atoms in total. The Morgan fingerprint density at radius 3 is 2.81 bits per heavy atom. The molecule has 26 heavy (non-hydrogen) atoms. The average molecular weight is 370 g/mol. The van der Waals surface area contributed by atoms with Crippen molar-refractivity contribution in [2.45, 2.75) is 32.4 Å². The van der Waals surface area contributed by atoms with Crippen LogP contribution in [-0.2, 0) is 9.59 Å². The number of aryl methyl sites for hydroxylation is 1. The van der Waals surface area contributed by atoms with E-state index in [9.17, 15) is 14.4 Å². The molecule has 3 heterocycles. The van der Waals surface area contributed by atoms with Crippen LogP contribution in [0.2, 0.25) is 0 Å². The van der Waals surface area contributed by atoms with E-state index in [0.29, 0.717) is 22.9 Å². The van der Waals surface area contributed by atoms with Crippen molar-refractivity contribution < 1.29 is 14.4 Å². The van der Waals surface area contributed by atoms with Crippen molar-refractivity contribution >= 4 is 39.9 Å². The summed E-state index contributed by atoms with van der Waals surface area (Å²) in [5.74, 6) is -0.796. The number of fused-ring (bicyclic) bond motifs is 3. The van der Waals surface area contributed by atoms with E-state index < -0.39 is 11.6 Å². The normalized spacial score (nSPS) is 21.6. The van der Waals surface area contributed by atoms with Crippen LogP contribution in [0.25, 0.3) is 0 Å². The standard InChI is InChI=1S/C18H18N4O3S/c1-3-21-15(24)12-6-4-5-7-13(12)22-14(23)8-9-18(21,22)16(25)20-17-19-11(2)10-26-17/h4-7,10H,3,8-9H2,1-2H3,(H,19,20,25). The molecule has 0 radical (unpaired) electrons. The number of amides is 3. The summed E-state index contributed by atoms with van der Waals surface area (Å²) in [6.07, 6.45) is 0.471. The third-order valence-corrected chi connectivity index (χ3v) is 5.77. The monoisotopic (exact) mass is 370 g/mol. The van der Waals surface area contributed by atoms with Gasteiger partial charge in [-0.3, -0.25) is 24.6 Å². The summed E-state index contributed by atoms with van der Waals surface area (Å²) in [6, 6.07) is 6.94. The lowest BCUT2D eigenvalue weighted by Gasteiger charge is -2.48. The van der Waals surface area contributed by atoms with Gasteiger partial charge in [0, 0.05) is 24.8 Å². The molecule has 4 rings (SSSR count). The van der Waals surface area contributed by atoms with Gasteiger partial charge in [0.15, 0.2) is 5.13 Å². The lowest BCUT2D eigenvalue weighted by atomic mass is 9.95. The van der Waals surface area contributed by atoms with Crippen LogP contribution in [0.1, 0.15) is 35.8 Å². The van der Waals surface area contributed by atoms with E-state index in [0.717, 1.165) is 5.69 Å². The number of nitrogens with one attached hydrogen (secondary N) is 1. The molecule has 3 amide bonds. The molecule has 2 aliphatic rings. The molecule has 1 aromatic carbocycles. The molecule has 0 bridgehead atoms. The summed E-state index contributed by atoms with van der Waals surface area (Å²) in [5, 5.41) is 5.11. The molecule has 1 saturated heterocycles. The number of carbonyl (C=O) groups is 3. The van der Waals surface area contributed by atoms with Crippen LogP contribution in [0, 0.1) is 6.92 Å². The van der Waals surface area contributed by atoms with Crippen LogP contribution in [0.4, 0.5) is 10.8 Å². The molecule has 1 N–H and O–H groups in total. The molecule has 2 aliphatic heterocycles. The van der Waals surface area contributed by atoms with Crippen LogP contribution < -0.4 is 10.2 Å². The summed E-state index contributed by atoms with van der Waals surface area (Å²) in [6.45, 7) is 3.98. The van der Waals surface area contributed by atoms with Gasteiger partial charge >= 0.3 is 0 Å². The Kier molecular flexibility index (Phi) is 3.80. The number of rotatable bonds is 3. The number of likely N-dealkylation sites (N-methyl/N-ethyl adjacent to an activating group) is 1. The number of benzene rings is 1. The maximum absolute atomic E-state index is 13.3. The fraction of sp³-hybridized carbons (Fsp3) is 0.333. The van der Waals surface area contributed by atoms with E-state index in [-0.39, 0.29) is 24.7 Å². The third kappa shape index (κ3) is 2.18. The van der Waals surface area contributed by atoms with Gasteiger partial charge in [0.2, 0.25) is 11.6 Å². The number of aromatic nitrogens is 1. The fourth-order valence-corrected chi connectivity index (χ4v) is 4.50. The van der Waals surface area contributed by atoms with Gasteiger partial charge in [-0.15, -0.1) is 11.3 Å². The first kappa shape index (κ1) is 16.7. The van der Waals surface area contributed by atoms with Crippen molar-refractivity contribution in [3.8, 4) is 0 Å². The first-order valence-electron chi connectivity index (χ1n) is 8.46. The quantitative estimate of drug-likeness (QED) is 0.899. The number of thiazole rings is 1. The Bertz CT molecular complexity index is 925. The maximum Gasteiger partial charge on any atom is 0.273 e. The summed E-state index contributed by atoms with van der Waals surface area (Å²) in [7, 11) is 0. The number of carbonyl (C=O) groups excluding carboxylic acids is 3. The number of para-hydroxylation sites is 1. The molecule has 1 fully saturated rings. The predicted octanol–water partition coefficient (Wildman–Crippen LogP) is 2.39. The molecular weight excluding hydrogens is 352 g/mol. The van der Waals surface area contributed by atoms with Gasteiger partial charge in [0.25, 0.3) is 11.8 Å². The largest absolute Gasteiger partial charge is 0.307 e. The molecule has 8 heteroatoms. The maximum atomic E-state index is 13.3. The minimum absolute atomic E-state index is 0.158. The second-order valence-electron chi connectivity index (χ2n) is 6.36. The van der Waals surface area contributed by atoms with Crippen LogP contribution in [0.5, 0.6) is 0 Å². The minimum Gasteiger partial charge on any atom is -0.307 e. The Balaban J connectivity index is 1.85. The van der Waals surface area contributed by atoms with Crippen molar-refractivity contribution in [2.75, 3.05) is 16.8 Å². The van der Waals surface area contributed by atoms with E-state index in [1.165, 1.54) is 21.1 Å².